The summed E-state index contributed by atoms with van der Waals surface area (Å²) in [6.45, 7) is 5.24. The van der Waals surface area contributed by atoms with E-state index in [1.54, 1.807) is 0 Å². The van der Waals surface area contributed by atoms with Crippen molar-refractivity contribution in [1.82, 2.24) is 10.6 Å². The minimum absolute atomic E-state index is 0.0520. The molecule has 0 aliphatic heterocycles. The number of nitrogens with one attached hydrogen (secondary N) is 2. The van der Waals surface area contributed by atoms with Crippen molar-refractivity contribution in [2.45, 2.75) is 51.9 Å². The molecule has 0 aromatic rings. The number of amides is 2. The molecule has 0 spiro atoms. The smallest absolute Gasteiger partial charge is 0.314 e. The Labute approximate surface area is 123 Å². The van der Waals surface area contributed by atoms with Gasteiger partial charge in [0, 0.05) is 19.7 Å². The first-order valence-electron chi connectivity index (χ1n) is 8.33. The predicted octanol–water partition coefficient (Wildman–Crippen LogP) is 2.93. The molecule has 0 aromatic heterocycles. The van der Waals surface area contributed by atoms with E-state index in [1.807, 2.05) is 0 Å². The number of hydrogen-bond acceptors (Lipinski definition) is 2. The van der Waals surface area contributed by atoms with E-state index in [0.717, 1.165) is 37.3 Å². The van der Waals surface area contributed by atoms with Gasteiger partial charge in [0.15, 0.2) is 0 Å². The van der Waals surface area contributed by atoms with Crippen molar-refractivity contribution in [1.29, 1.82) is 0 Å². The highest BCUT2D eigenvalue weighted by Gasteiger charge is 2.21. The zero-order chi connectivity index (χ0) is 14.2. The number of carbonyl (C=O) groups excluding carboxylic acids is 1. The molecule has 2 atom stereocenters. The summed E-state index contributed by atoms with van der Waals surface area (Å²) in [4.78, 5) is 11.6. The van der Waals surface area contributed by atoms with E-state index in [4.69, 9.17) is 4.74 Å². The summed E-state index contributed by atoms with van der Waals surface area (Å²) in [5, 5.41) is 5.80. The molecule has 2 N–H and O–H groups in total. The Kier molecular flexibility index (Phi) is 6.64. The van der Waals surface area contributed by atoms with Crippen LogP contribution in [0.3, 0.4) is 0 Å². The van der Waals surface area contributed by atoms with Gasteiger partial charge in [-0.2, -0.15) is 0 Å². The molecule has 0 radical (unpaired) electrons. The highest BCUT2D eigenvalue weighted by molar-refractivity contribution is 5.73. The molecule has 0 saturated heterocycles. The van der Waals surface area contributed by atoms with Crippen molar-refractivity contribution < 1.29 is 9.53 Å². The topological polar surface area (TPSA) is 50.4 Å². The van der Waals surface area contributed by atoms with Crippen molar-refractivity contribution >= 4 is 6.03 Å². The first-order chi connectivity index (χ1) is 9.74. The van der Waals surface area contributed by atoms with Crippen LogP contribution in [0.15, 0.2) is 0 Å². The van der Waals surface area contributed by atoms with Gasteiger partial charge in [0.05, 0.1) is 6.61 Å². The van der Waals surface area contributed by atoms with Gasteiger partial charge in [0.1, 0.15) is 0 Å². The molecule has 2 fully saturated rings. The molecular formula is C16H30N2O2. The van der Waals surface area contributed by atoms with E-state index < -0.39 is 0 Å². The lowest BCUT2D eigenvalue weighted by molar-refractivity contribution is 0.127. The van der Waals surface area contributed by atoms with Crippen molar-refractivity contribution in [2.24, 2.45) is 17.8 Å². The summed E-state index contributed by atoms with van der Waals surface area (Å²) >= 11 is 0. The normalized spacial score (nSPS) is 26.2. The molecule has 0 aromatic carbocycles. The highest BCUT2D eigenvalue weighted by atomic mass is 16.5. The standard InChI is InChI=1S/C16H30N2O2/c1-13-3-2-4-14(11-13)7-8-17-16(19)18-9-10-20-12-15-5-6-15/h13-15H,2-12H2,1H3,(H2,17,18,19). The highest BCUT2D eigenvalue weighted by Crippen LogP contribution is 2.30. The molecule has 116 valence electrons. The molecule has 2 aliphatic carbocycles. The van der Waals surface area contributed by atoms with E-state index in [0.29, 0.717) is 13.2 Å². The number of carbonyl (C=O) groups is 1. The molecule has 2 amide bonds. The Balaban J connectivity index is 1.41. The number of ether oxygens (including phenoxy) is 1. The lowest BCUT2D eigenvalue weighted by Gasteiger charge is -2.26. The van der Waals surface area contributed by atoms with Crippen LogP contribution < -0.4 is 10.6 Å². The average Bonchev–Trinajstić information content (AvgIpc) is 3.22. The summed E-state index contributed by atoms with van der Waals surface area (Å²) in [6, 6.07) is -0.0520. The lowest BCUT2D eigenvalue weighted by atomic mass is 9.81. The van der Waals surface area contributed by atoms with Gasteiger partial charge in [0.2, 0.25) is 0 Å². The van der Waals surface area contributed by atoms with Crippen molar-refractivity contribution in [2.75, 3.05) is 26.3 Å². The summed E-state index contributed by atoms with van der Waals surface area (Å²) in [6.07, 6.45) is 9.15. The van der Waals surface area contributed by atoms with Crippen molar-refractivity contribution in [3.8, 4) is 0 Å². The second kappa shape index (κ2) is 8.50. The third-order valence-electron chi connectivity index (χ3n) is 4.47. The fraction of sp³-hybridized carbons (Fsp3) is 0.938. The summed E-state index contributed by atoms with van der Waals surface area (Å²) in [5.41, 5.74) is 0. The maximum Gasteiger partial charge on any atom is 0.314 e. The van der Waals surface area contributed by atoms with Gasteiger partial charge < -0.3 is 15.4 Å². The molecule has 2 aliphatic rings. The molecule has 0 heterocycles. The van der Waals surface area contributed by atoms with Gasteiger partial charge >= 0.3 is 6.03 Å². The minimum Gasteiger partial charge on any atom is -0.379 e. The number of urea groups is 1. The predicted molar refractivity (Wildman–Crippen MR) is 80.7 cm³/mol. The molecule has 0 bridgehead atoms. The molecule has 20 heavy (non-hydrogen) atoms. The zero-order valence-corrected chi connectivity index (χ0v) is 12.8. The Morgan fingerprint density at radius 3 is 2.65 bits per heavy atom. The van der Waals surface area contributed by atoms with Gasteiger partial charge in [-0.05, 0) is 43.4 Å². The Morgan fingerprint density at radius 1 is 1.10 bits per heavy atom. The lowest BCUT2D eigenvalue weighted by Crippen LogP contribution is -2.38. The van der Waals surface area contributed by atoms with Crippen LogP contribution in [0.4, 0.5) is 4.79 Å². The third kappa shape index (κ3) is 6.60. The quantitative estimate of drug-likeness (QED) is 0.673. The number of rotatable bonds is 8. The first-order valence-corrected chi connectivity index (χ1v) is 8.33. The van der Waals surface area contributed by atoms with Gasteiger partial charge in [0.25, 0.3) is 0 Å². The Hall–Kier alpha value is -0.770. The van der Waals surface area contributed by atoms with Crippen LogP contribution in [0.25, 0.3) is 0 Å². The van der Waals surface area contributed by atoms with Gasteiger partial charge in [-0.3, -0.25) is 0 Å². The first kappa shape index (κ1) is 15.6. The molecular weight excluding hydrogens is 252 g/mol. The van der Waals surface area contributed by atoms with Crippen LogP contribution in [0.2, 0.25) is 0 Å². The SMILES string of the molecule is CC1CCCC(CCNC(=O)NCCOCC2CC2)C1. The number of hydrogen-bond donors (Lipinski definition) is 2. The molecule has 4 heteroatoms. The van der Waals surface area contributed by atoms with Crippen LogP contribution in [0.5, 0.6) is 0 Å². The monoisotopic (exact) mass is 282 g/mol. The second-order valence-corrected chi connectivity index (χ2v) is 6.63. The largest absolute Gasteiger partial charge is 0.379 e. The van der Waals surface area contributed by atoms with E-state index in [-0.39, 0.29) is 6.03 Å². The molecule has 4 nitrogen and oxygen atoms in total. The van der Waals surface area contributed by atoms with E-state index in [2.05, 4.69) is 17.6 Å². The van der Waals surface area contributed by atoms with Gasteiger partial charge in [-0.25, -0.2) is 4.79 Å². The maximum atomic E-state index is 11.6. The third-order valence-corrected chi connectivity index (χ3v) is 4.47. The van der Waals surface area contributed by atoms with E-state index in [1.165, 1.54) is 38.5 Å². The van der Waals surface area contributed by atoms with Crippen molar-refractivity contribution in [3.05, 3.63) is 0 Å². The fourth-order valence-electron chi connectivity index (χ4n) is 3.05. The fourth-order valence-corrected chi connectivity index (χ4v) is 3.05. The van der Waals surface area contributed by atoms with Gasteiger partial charge in [-0.1, -0.05) is 26.2 Å². The molecule has 2 unspecified atom stereocenters. The van der Waals surface area contributed by atoms with Crippen LogP contribution in [-0.4, -0.2) is 32.3 Å². The Bertz CT molecular complexity index is 292. The molecule has 2 rings (SSSR count). The van der Waals surface area contributed by atoms with Crippen LogP contribution >= 0.6 is 0 Å². The molecule has 2 saturated carbocycles. The van der Waals surface area contributed by atoms with E-state index >= 15 is 0 Å². The summed E-state index contributed by atoms with van der Waals surface area (Å²) < 4.78 is 5.48. The van der Waals surface area contributed by atoms with E-state index in [9.17, 15) is 4.79 Å². The van der Waals surface area contributed by atoms with Crippen LogP contribution in [0, 0.1) is 17.8 Å². The Morgan fingerprint density at radius 2 is 1.90 bits per heavy atom. The van der Waals surface area contributed by atoms with Crippen molar-refractivity contribution in [3.63, 3.8) is 0 Å². The van der Waals surface area contributed by atoms with Gasteiger partial charge in [-0.15, -0.1) is 0 Å². The maximum absolute atomic E-state index is 11.6. The zero-order valence-electron chi connectivity index (χ0n) is 12.8. The summed E-state index contributed by atoms with van der Waals surface area (Å²) in [5.74, 6) is 2.47. The minimum atomic E-state index is -0.0520. The summed E-state index contributed by atoms with van der Waals surface area (Å²) in [7, 11) is 0. The van der Waals surface area contributed by atoms with Crippen LogP contribution in [-0.2, 0) is 4.74 Å². The van der Waals surface area contributed by atoms with Crippen LogP contribution in [0.1, 0.15) is 51.9 Å². The second-order valence-electron chi connectivity index (χ2n) is 6.63. The average molecular weight is 282 g/mol.